The molecule has 7 heteroatoms. The predicted molar refractivity (Wildman–Crippen MR) is 203 cm³/mol. The van der Waals surface area contributed by atoms with Crippen LogP contribution in [0.1, 0.15) is 43.6 Å². The monoisotopic (exact) mass is 861 g/mol. The number of nitrogens with zero attached hydrogens (tertiary/aromatic N) is 4. The van der Waals surface area contributed by atoms with Crippen molar-refractivity contribution >= 4 is 60.7 Å². The van der Waals surface area contributed by atoms with Crippen LogP contribution in [0.3, 0.4) is 0 Å². The van der Waals surface area contributed by atoms with E-state index in [1.165, 1.54) is 37.7 Å². The van der Waals surface area contributed by atoms with Crippen molar-refractivity contribution in [2.24, 2.45) is 0 Å². The molecule has 0 radical (unpaired) electrons. The maximum absolute atomic E-state index is 7.06. The average Bonchev–Trinajstić information content (AvgIpc) is 3.75. The largest absolute Gasteiger partial charge is 2.00 e. The summed E-state index contributed by atoms with van der Waals surface area (Å²) in [5.74, 6) is 2.52. The van der Waals surface area contributed by atoms with Crippen molar-refractivity contribution in [3.05, 3.63) is 144 Å². The molecule has 5 nitrogen and oxygen atoms in total. The maximum atomic E-state index is 7.06. The van der Waals surface area contributed by atoms with Crippen LogP contribution in [-0.2, 0) is 21.1 Å². The molecule has 0 unspecified atom stereocenters. The molecule has 0 amide bonds. The Hall–Kier alpha value is -4.96. The van der Waals surface area contributed by atoms with E-state index in [1.54, 1.807) is 0 Å². The molecule has 1 saturated carbocycles. The van der Waals surface area contributed by atoms with Crippen LogP contribution >= 0.6 is 11.6 Å². The normalized spacial score (nSPS) is 13.7. The molecule has 1 aliphatic carbocycles. The standard InChI is InChI=1S/C44H31ClN4O.Pt/c45-37-16-10-15-31(28-11-2-1-3-12-28)43(37)41-27-47-44-36-25-29(20-22-32(36)33-13-4-7-18-39(33)49(41)44)50-30-21-23-35-34-14-5-6-17-38(34)48(40(35)26-30)42-19-8-9-24-46-42;/h4-10,13-24,27-28H,1-3,11-12H2;/q-2;+2. The predicted octanol–water partition coefficient (Wildman–Crippen LogP) is 11.9. The van der Waals surface area contributed by atoms with E-state index in [1.807, 2.05) is 48.8 Å². The first-order valence-electron chi connectivity index (χ1n) is 17.3. The third kappa shape index (κ3) is 5.25. The minimum atomic E-state index is 0. The van der Waals surface area contributed by atoms with Gasteiger partial charge in [0.05, 0.1) is 16.4 Å². The van der Waals surface area contributed by atoms with Gasteiger partial charge >= 0.3 is 21.1 Å². The minimum Gasteiger partial charge on any atom is -0.503 e. The fraction of sp³-hybridized carbons (Fsp3) is 0.136. The Morgan fingerprint density at radius 2 is 1.39 bits per heavy atom. The molecule has 4 aromatic heterocycles. The number of pyridine rings is 2. The van der Waals surface area contributed by atoms with Crippen LogP contribution in [0.4, 0.5) is 0 Å². The Bertz CT molecular complexity index is 2750. The molecule has 0 saturated heterocycles. The molecule has 0 bridgehead atoms. The first-order chi connectivity index (χ1) is 24.7. The van der Waals surface area contributed by atoms with E-state index in [2.05, 4.69) is 98.9 Å². The van der Waals surface area contributed by atoms with E-state index in [9.17, 15) is 0 Å². The number of benzene rings is 5. The first-order valence-corrected chi connectivity index (χ1v) is 17.7. The van der Waals surface area contributed by atoms with Crippen molar-refractivity contribution in [1.82, 2.24) is 18.9 Å². The van der Waals surface area contributed by atoms with Gasteiger partial charge in [0.2, 0.25) is 0 Å². The summed E-state index contributed by atoms with van der Waals surface area (Å²) in [5, 5.41) is 6.07. The zero-order valence-electron chi connectivity index (χ0n) is 27.6. The van der Waals surface area contributed by atoms with Crippen molar-refractivity contribution in [3.8, 4) is 28.6 Å². The van der Waals surface area contributed by atoms with Gasteiger partial charge in [0.25, 0.3) is 0 Å². The number of ether oxygens (including phenoxy) is 1. The number of rotatable bonds is 5. The number of hydrogen-bond acceptors (Lipinski definition) is 3. The van der Waals surface area contributed by atoms with Crippen molar-refractivity contribution in [2.45, 2.75) is 38.0 Å². The third-order valence-corrected chi connectivity index (χ3v) is 10.7. The van der Waals surface area contributed by atoms with Crippen LogP contribution in [0.2, 0.25) is 5.02 Å². The van der Waals surface area contributed by atoms with Gasteiger partial charge in [-0.1, -0.05) is 108 Å². The molecule has 0 N–H and O–H groups in total. The molecular weight excluding hydrogens is 831 g/mol. The number of fused-ring (bicyclic) bond motifs is 9. The molecule has 1 fully saturated rings. The molecule has 51 heavy (non-hydrogen) atoms. The number of imidazole rings is 1. The molecule has 0 spiro atoms. The van der Waals surface area contributed by atoms with Crippen LogP contribution in [-0.4, -0.2) is 18.9 Å². The van der Waals surface area contributed by atoms with E-state index in [4.69, 9.17) is 21.3 Å². The Morgan fingerprint density at radius 1 is 0.667 bits per heavy atom. The molecule has 10 rings (SSSR count). The Morgan fingerprint density at radius 3 is 2.20 bits per heavy atom. The van der Waals surface area contributed by atoms with Crippen LogP contribution < -0.4 is 4.74 Å². The Balaban J connectivity index is 0.00000348. The smallest absolute Gasteiger partial charge is 0.503 e. The number of para-hydroxylation sites is 2. The number of hydrogen-bond donors (Lipinski definition) is 0. The summed E-state index contributed by atoms with van der Waals surface area (Å²) in [7, 11) is 0. The second kappa shape index (κ2) is 13.0. The molecule has 250 valence electrons. The number of halogens is 1. The molecule has 4 heterocycles. The average molecular weight is 862 g/mol. The van der Waals surface area contributed by atoms with Crippen molar-refractivity contribution < 1.29 is 25.8 Å². The fourth-order valence-electron chi connectivity index (χ4n) is 8.12. The summed E-state index contributed by atoms with van der Waals surface area (Å²) >= 11 is 7.06. The van der Waals surface area contributed by atoms with Crippen molar-refractivity contribution in [1.29, 1.82) is 0 Å². The van der Waals surface area contributed by atoms with Crippen molar-refractivity contribution in [3.63, 3.8) is 0 Å². The van der Waals surface area contributed by atoms with Crippen LogP contribution in [0, 0.1) is 12.1 Å². The number of aromatic nitrogens is 4. The van der Waals surface area contributed by atoms with Crippen molar-refractivity contribution in [2.75, 3.05) is 0 Å². The molecule has 9 aromatic rings. The second-order valence-electron chi connectivity index (χ2n) is 13.2. The third-order valence-electron chi connectivity index (χ3n) is 10.3. The Labute approximate surface area is 314 Å². The SMILES string of the molecule is Clc1cccc(C2CCCCC2)c1-c1cnc2c3[c-]c(Oc4[c-]c5c(cc4)c4ccccc4n5-c4ccccn4)ccc3c3ccccc3n12.[Pt+2]. The van der Waals surface area contributed by atoms with E-state index < -0.39 is 0 Å². The summed E-state index contributed by atoms with van der Waals surface area (Å²) in [6, 6.07) is 44.5. The Kier molecular flexibility index (Phi) is 8.14. The first kappa shape index (κ1) is 32.0. The van der Waals surface area contributed by atoms with Gasteiger partial charge in [-0.3, -0.25) is 4.98 Å². The molecule has 5 aromatic carbocycles. The van der Waals surface area contributed by atoms with E-state index >= 15 is 0 Å². The minimum absolute atomic E-state index is 0. The van der Waals surface area contributed by atoms with Crippen LogP contribution in [0.25, 0.3) is 66.2 Å². The van der Waals surface area contributed by atoms with Gasteiger partial charge in [-0.2, -0.15) is 6.07 Å². The zero-order valence-corrected chi connectivity index (χ0v) is 30.6. The van der Waals surface area contributed by atoms with E-state index in [0.717, 1.165) is 71.2 Å². The maximum Gasteiger partial charge on any atom is 2.00 e. The summed E-state index contributed by atoms with van der Waals surface area (Å²) in [6.45, 7) is 0. The molecule has 0 aliphatic heterocycles. The van der Waals surface area contributed by atoms with Crippen LogP contribution in [0.5, 0.6) is 11.5 Å². The van der Waals surface area contributed by atoms with Gasteiger partial charge in [-0.05, 0) is 65.4 Å². The van der Waals surface area contributed by atoms with E-state index in [-0.39, 0.29) is 21.1 Å². The van der Waals surface area contributed by atoms with Gasteiger partial charge in [0.15, 0.2) is 0 Å². The van der Waals surface area contributed by atoms with Gasteiger partial charge < -0.3 is 13.7 Å². The summed E-state index contributed by atoms with van der Waals surface area (Å²) in [4.78, 5) is 9.72. The van der Waals surface area contributed by atoms with E-state index in [0.29, 0.717) is 17.4 Å². The molecule has 0 atom stereocenters. The van der Waals surface area contributed by atoms with Gasteiger partial charge in [0.1, 0.15) is 5.82 Å². The summed E-state index contributed by atoms with van der Waals surface area (Å²) in [6.07, 6.45) is 9.98. The summed E-state index contributed by atoms with van der Waals surface area (Å²) < 4.78 is 10.9. The fourth-order valence-corrected chi connectivity index (χ4v) is 8.40. The molecular formula is C44H31ClN4OPt. The van der Waals surface area contributed by atoms with Gasteiger partial charge in [0, 0.05) is 40.5 Å². The quantitative estimate of drug-likeness (QED) is 0.128. The summed E-state index contributed by atoms with van der Waals surface area (Å²) in [5.41, 5.74) is 7.29. The zero-order chi connectivity index (χ0) is 33.2. The van der Waals surface area contributed by atoms with Gasteiger partial charge in [-0.15, -0.1) is 29.7 Å². The molecule has 1 aliphatic rings. The van der Waals surface area contributed by atoms with Crippen LogP contribution in [0.15, 0.2) is 122 Å². The topological polar surface area (TPSA) is 44.3 Å². The van der Waals surface area contributed by atoms with Gasteiger partial charge in [-0.25, -0.2) is 4.98 Å². The second-order valence-corrected chi connectivity index (χ2v) is 13.6.